The highest BCUT2D eigenvalue weighted by Gasteiger charge is 2.31. The largest absolute Gasteiger partial charge is 0.350 e. The molecule has 1 N–H and O–H groups in total. The number of hydrogen-bond donors (Lipinski definition) is 1. The van der Waals surface area contributed by atoms with Gasteiger partial charge < -0.3 is 5.32 Å². The lowest BCUT2D eigenvalue weighted by Crippen LogP contribution is -2.49. The molecule has 27 heavy (non-hydrogen) atoms. The molecule has 2 aromatic carbocycles. The Labute approximate surface area is 174 Å². The van der Waals surface area contributed by atoms with Crippen LogP contribution in [0.25, 0.3) is 0 Å². The van der Waals surface area contributed by atoms with Crippen LogP contribution >= 0.6 is 34.8 Å². The predicted octanol–water partition coefficient (Wildman–Crippen LogP) is 4.51. The van der Waals surface area contributed by atoms with Gasteiger partial charge in [0.2, 0.25) is 15.9 Å². The molecule has 146 valence electrons. The molecule has 0 heterocycles. The first kappa shape index (κ1) is 21.8. The van der Waals surface area contributed by atoms with Crippen LogP contribution < -0.4 is 9.62 Å². The van der Waals surface area contributed by atoms with Gasteiger partial charge in [0.1, 0.15) is 6.04 Å². The van der Waals surface area contributed by atoms with E-state index < -0.39 is 22.0 Å². The Balaban J connectivity index is 2.26. The molecule has 0 saturated heterocycles. The number of nitrogens with zero attached hydrogens (tertiary/aromatic N) is 1. The first-order chi connectivity index (χ1) is 12.6. The Morgan fingerprint density at radius 3 is 2.33 bits per heavy atom. The van der Waals surface area contributed by atoms with E-state index in [2.05, 4.69) is 5.32 Å². The van der Waals surface area contributed by atoms with Gasteiger partial charge in [-0.1, -0.05) is 53.9 Å². The van der Waals surface area contributed by atoms with E-state index in [1.165, 1.54) is 6.07 Å². The first-order valence-corrected chi connectivity index (χ1v) is 11.1. The first-order valence-electron chi connectivity index (χ1n) is 8.10. The molecular formula is C18H19Cl3N2O3S. The van der Waals surface area contributed by atoms with Crippen molar-refractivity contribution in [3.63, 3.8) is 0 Å². The van der Waals surface area contributed by atoms with Crippen LogP contribution in [0, 0.1) is 0 Å². The van der Waals surface area contributed by atoms with E-state index in [1.807, 2.05) is 0 Å². The highest BCUT2D eigenvalue weighted by Crippen LogP contribution is 2.26. The maximum absolute atomic E-state index is 12.8. The molecule has 0 radical (unpaired) electrons. The molecule has 0 fully saturated rings. The van der Waals surface area contributed by atoms with Crippen molar-refractivity contribution in [2.24, 2.45) is 0 Å². The average molecular weight is 450 g/mol. The van der Waals surface area contributed by atoms with Crippen LogP contribution in [-0.4, -0.2) is 26.6 Å². The minimum Gasteiger partial charge on any atom is -0.350 e. The van der Waals surface area contributed by atoms with E-state index in [0.717, 1.165) is 10.6 Å². The number of halogens is 3. The van der Waals surface area contributed by atoms with Crippen molar-refractivity contribution in [1.82, 2.24) is 5.32 Å². The lowest BCUT2D eigenvalue weighted by Gasteiger charge is -2.30. The van der Waals surface area contributed by atoms with Gasteiger partial charge in [0.15, 0.2) is 0 Å². The molecule has 0 spiro atoms. The summed E-state index contributed by atoms with van der Waals surface area (Å²) >= 11 is 18.0. The topological polar surface area (TPSA) is 66.5 Å². The summed E-state index contributed by atoms with van der Waals surface area (Å²) in [5.41, 5.74) is 1.01. The van der Waals surface area contributed by atoms with Crippen LogP contribution in [0.1, 0.15) is 18.9 Å². The second kappa shape index (κ2) is 9.15. The lowest BCUT2D eigenvalue weighted by molar-refractivity contribution is -0.122. The molecule has 2 aromatic rings. The summed E-state index contributed by atoms with van der Waals surface area (Å²) in [6.45, 7) is 1.89. The predicted molar refractivity (Wildman–Crippen MR) is 111 cm³/mol. The average Bonchev–Trinajstić information content (AvgIpc) is 2.57. The molecule has 0 aliphatic rings. The molecule has 0 aliphatic heterocycles. The normalized spacial score (nSPS) is 12.5. The third-order valence-corrected chi connectivity index (χ3v) is 5.86. The van der Waals surface area contributed by atoms with Crippen LogP contribution in [0.3, 0.4) is 0 Å². The number of carbonyl (C=O) groups excluding carboxylic acids is 1. The van der Waals surface area contributed by atoms with E-state index in [1.54, 1.807) is 43.3 Å². The van der Waals surface area contributed by atoms with Crippen molar-refractivity contribution in [3.8, 4) is 0 Å². The number of rotatable bonds is 7. The molecular weight excluding hydrogens is 431 g/mol. The number of sulfonamides is 1. The molecule has 9 heteroatoms. The van der Waals surface area contributed by atoms with Gasteiger partial charge in [-0.05, 0) is 42.3 Å². The van der Waals surface area contributed by atoms with Crippen LogP contribution in [0.5, 0.6) is 0 Å². The van der Waals surface area contributed by atoms with Gasteiger partial charge in [-0.25, -0.2) is 8.42 Å². The summed E-state index contributed by atoms with van der Waals surface area (Å²) in [4.78, 5) is 12.8. The summed E-state index contributed by atoms with van der Waals surface area (Å²) in [6, 6.07) is 10.4. The summed E-state index contributed by atoms with van der Waals surface area (Å²) in [7, 11) is -3.72. The zero-order valence-electron chi connectivity index (χ0n) is 14.7. The smallest absolute Gasteiger partial charge is 0.244 e. The number of anilines is 1. The van der Waals surface area contributed by atoms with Crippen LogP contribution in [0.2, 0.25) is 15.1 Å². The van der Waals surface area contributed by atoms with Gasteiger partial charge in [-0.2, -0.15) is 0 Å². The summed E-state index contributed by atoms with van der Waals surface area (Å²) in [6.07, 6.45) is 1.33. The molecule has 1 unspecified atom stereocenters. The SMILES string of the molecule is CCC(C(=O)NCc1ccc(Cl)cc1Cl)N(c1cccc(Cl)c1)S(C)(=O)=O. The van der Waals surface area contributed by atoms with E-state index >= 15 is 0 Å². The fraction of sp³-hybridized carbons (Fsp3) is 0.278. The molecule has 0 aromatic heterocycles. The van der Waals surface area contributed by atoms with Crippen molar-refractivity contribution >= 4 is 56.4 Å². The highest BCUT2D eigenvalue weighted by atomic mass is 35.5. The maximum Gasteiger partial charge on any atom is 0.244 e. The maximum atomic E-state index is 12.8. The summed E-state index contributed by atoms with van der Waals surface area (Å²) in [5, 5.41) is 4.03. The second-order valence-electron chi connectivity index (χ2n) is 5.92. The molecule has 1 atom stereocenters. The second-order valence-corrected chi connectivity index (χ2v) is 9.06. The van der Waals surface area contributed by atoms with Crippen molar-refractivity contribution in [3.05, 3.63) is 63.1 Å². The van der Waals surface area contributed by atoms with Gasteiger partial charge in [-0.15, -0.1) is 0 Å². The zero-order chi connectivity index (χ0) is 20.2. The number of carbonyl (C=O) groups is 1. The summed E-state index contributed by atoms with van der Waals surface area (Å²) < 4.78 is 25.8. The minimum absolute atomic E-state index is 0.151. The molecule has 2 rings (SSSR count). The summed E-state index contributed by atoms with van der Waals surface area (Å²) in [5.74, 6) is -0.436. The van der Waals surface area contributed by atoms with Gasteiger partial charge >= 0.3 is 0 Å². The van der Waals surface area contributed by atoms with E-state index in [9.17, 15) is 13.2 Å². The molecule has 5 nitrogen and oxygen atoms in total. The van der Waals surface area contributed by atoms with Gasteiger partial charge in [-0.3, -0.25) is 9.10 Å². The highest BCUT2D eigenvalue weighted by molar-refractivity contribution is 7.92. The minimum atomic E-state index is -3.72. The lowest BCUT2D eigenvalue weighted by atomic mass is 10.1. The third kappa shape index (κ3) is 5.75. The van der Waals surface area contributed by atoms with Crippen molar-refractivity contribution in [1.29, 1.82) is 0 Å². The molecule has 1 amide bonds. The fourth-order valence-electron chi connectivity index (χ4n) is 2.64. The van der Waals surface area contributed by atoms with Crippen LogP contribution in [0.4, 0.5) is 5.69 Å². The Morgan fingerprint density at radius 2 is 1.78 bits per heavy atom. The van der Waals surface area contributed by atoms with Crippen LogP contribution in [-0.2, 0) is 21.4 Å². The fourth-order valence-corrected chi connectivity index (χ4v) is 4.50. The number of nitrogens with one attached hydrogen (secondary N) is 1. The Bertz CT molecular complexity index is 935. The number of amides is 1. The third-order valence-electron chi connectivity index (χ3n) is 3.86. The monoisotopic (exact) mass is 448 g/mol. The zero-order valence-corrected chi connectivity index (χ0v) is 17.8. The molecule has 0 bridgehead atoms. The number of benzene rings is 2. The van der Waals surface area contributed by atoms with Crippen molar-refractivity contribution in [2.45, 2.75) is 25.9 Å². The van der Waals surface area contributed by atoms with E-state index in [4.69, 9.17) is 34.8 Å². The standard InChI is InChI=1S/C18H19Cl3N2O3S/c1-3-17(18(24)22-11-12-7-8-14(20)10-16(12)21)23(27(2,25)26)15-6-4-5-13(19)9-15/h4-10,17H,3,11H2,1-2H3,(H,22,24). The van der Waals surface area contributed by atoms with Crippen molar-refractivity contribution < 1.29 is 13.2 Å². The Morgan fingerprint density at radius 1 is 1.11 bits per heavy atom. The van der Waals surface area contributed by atoms with Gasteiger partial charge in [0.25, 0.3) is 0 Å². The van der Waals surface area contributed by atoms with Gasteiger partial charge in [0, 0.05) is 21.6 Å². The Kier molecular flexibility index (Phi) is 7.40. The van der Waals surface area contributed by atoms with Crippen molar-refractivity contribution in [2.75, 3.05) is 10.6 Å². The van der Waals surface area contributed by atoms with Gasteiger partial charge in [0.05, 0.1) is 11.9 Å². The Hall–Kier alpha value is -1.47. The van der Waals surface area contributed by atoms with E-state index in [0.29, 0.717) is 26.3 Å². The van der Waals surface area contributed by atoms with E-state index in [-0.39, 0.29) is 13.0 Å². The molecule has 0 aliphatic carbocycles. The quantitative estimate of drug-likeness (QED) is 0.676. The van der Waals surface area contributed by atoms with Crippen LogP contribution in [0.15, 0.2) is 42.5 Å². The number of hydrogen-bond acceptors (Lipinski definition) is 3. The molecule has 0 saturated carbocycles.